The van der Waals surface area contributed by atoms with E-state index >= 15 is 0 Å². The maximum Gasteiger partial charge on any atom is 0.161 e. The molecule has 2 fully saturated rings. The van der Waals surface area contributed by atoms with Gasteiger partial charge in [0.15, 0.2) is 5.82 Å². The maximum atomic E-state index is 5.76. The van der Waals surface area contributed by atoms with Gasteiger partial charge < -0.3 is 25.2 Å². The molecule has 2 aromatic rings. The Morgan fingerprint density at radius 1 is 1.18 bits per heavy atom. The Balaban J connectivity index is 1.43. The van der Waals surface area contributed by atoms with Gasteiger partial charge in [-0.1, -0.05) is 0 Å². The molecule has 2 aliphatic heterocycles. The van der Waals surface area contributed by atoms with Gasteiger partial charge >= 0.3 is 0 Å². The Hall–Kier alpha value is -2.22. The van der Waals surface area contributed by atoms with Gasteiger partial charge in [-0.05, 0) is 38.2 Å². The number of aromatic nitrogens is 2. The smallest absolute Gasteiger partial charge is 0.161 e. The summed E-state index contributed by atoms with van der Waals surface area (Å²) in [6.45, 7) is 9.70. The molecular weight excluding hydrogens is 352 g/mol. The highest BCUT2D eigenvalue weighted by Gasteiger charge is 2.16. The number of hydrogen-bond donors (Lipinski definition) is 2. The molecule has 1 aromatic carbocycles. The monoisotopic (exact) mass is 382 g/mol. The van der Waals surface area contributed by atoms with Crippen molar-refractivity contribution < 1.29 is 4.74 Å². The second-order valence-electron chi connectivity index (χ2n) is 7.64. The van der Waals surface area contributed by atoms with Gasteiger partial charge in [0.05, 0.1) is 12.7 Å². The van der Waals surface area contributed by atoms with E-state index in [-0.39, 0.29) is 6.10 Å². The number of aryl methyl sites for hydroxylation is 1. The predicted octanol–water partition coefficient (Wildman–Crippen LogP) is 1.60. The molecule has 2 N–H and O–H groups in total. The lowest BCUT2D eigenvalue weighted by Crippen LogP contribution is -2.44. The summed E-state index contributed by atoms with van der Waals surface area (Å²) in [5, 5.41) is 6.78. The van der Waals surface area contributed by atoms with Gasteiger partial charge in [0.2, 0.25) is 0 Å². The molecule has 1 atom stereocenters. The molecule has 150 valence electrons. The van der Waals surface area contributed by atoms with Crippen molar-refractivity contribution in [2.75, 3.05) is 69.7 Å². The summed E-state index contributed by atoms with van der Waals surface area (Å²) >= 11 is 0. The molecule has 7 heteroatoms. The van der Waals surface area contributed by atoms with Gasteiger partial charge in [-0.3, -0.25) is 0 Å². The average Bonchev–Trinajstić information content (AvgIpc) is 2.75. The minimum Gasteiger partial charge on any atom is -0.374 e. The first-order valence-corrected chi connectivity index (χ1v) is 10.1. The van der Waals surface area contributed by atoms with Gasteiger partial charge in [-0.2, -0.15) is 0 Å². The minimum absolute atomic E-state index is 0.175. The highest BCUT2D eigenvalue weighted by Crippen LogP contribution is 2.23. The summed E-state index contributed by atoms with van der Waals surface area (Å²) in [6, 6.07) is 8.60. The van der Waals surface area contributed by atoms with E-state index in [1.807, 2.05) is 13.1 Å². The Morgan fingerprint density at radius 3 is 2.68 bits per heavy atom. The van der Waals surface area contributed by atoms with E-state index in [0.29, 0.717) is 0 Å². The number of morpholine rings is 1. The lowest BCUT2D eigenvalue weighted by Gasteiger charge is -2.34. The fraction of sp³-hybridized carbons (Fsp3) is 0.524. The number of benzene rings is 1. The van der Waals surface area contributed by atoms with Gasteiger partial charge in [0, 0.05) is 68.8 Å². The Bertz CT molecular complexity index is 767. The van der Waals surface area contributed by atoms with Crippen LogP contribution in [0.4, 0.5) is 11.5 Å². The molecule has 1 aromatic heterocycles. The summed E-state index contributed by atoms with van der Waals surface area (Å²) in [5.41, 5.74) is 3.35. The fourth-order valence-electron chi connectivity index (χ4n) is 3.61. The molecule has 0 spiro atoms. The number of nitrogens with one attached hydrogen (secondary N) is 2. The molecule has 1 unspecified atom stereocenters. The zero-order valence-electron chi connectivity index (χ0n) is 16.8. The van der Waals surface area contributed by atoms with Crippen LogP contribution in [0.25, 0.3) is 11.4 Å². The lowest BCUT2D eigenvalue weighted by molar-refractivity contribution is 0.0372. The number of hydrogen-bond acceptors (Lipinski definition) is 7. The Labute approximate surface area is 167 Å². The largest absolute Gasteiger partial charge is 0.374 e. The maximum absolute atomic E-state index is 5.76. The number of likely N-dealkylation sites (N-methyl/N-ethyl adjacent to an activating group) is 1. The van der Waals surface area contributed by atoms with Crippen LogP contribution in [0.1, 0.15) is 5.56 Å². The van der Waals surface area contributed by atoms with Crippen molar-refractivity contribution in [1.29, 1.82) is 0 Å². The van der Waals surface area contributed by atoms with E-state index in [1.54, 1.807) is 0 Å². The second kappa shape index (κ2) is 8.86. The molecule has 0 radical (unpaired) electrons. The third kappa shape index (κ3) is 4.60. The zero-order chi connectivity index (χ0) is 19.3. The summed E-state index contributed by atoms with van der Waals surface area (Å²) in [4.78, 5) is 14.1. The van der Waals surface area contributed by atoms with Crippen molar-refractivity contribution in [3.05, 3.63) is 36.0 Å². The normalized spacial score (nSPS) is 20.9. The first-order valence-electron chi connectivity index (χ1n) is 10.1. The standard InChI is InChI=1S/C21H30N6O/c1-16-13-23-21(25-20(16)24-15-19-14-22-7-12-28-19)17-3-5-18(6-4-17)27-10-8-26(2)9-11-27/h3-6,13,19,22H,7-12,14-15H2,1-2H3,(H,23,24,25). The van der Waals surface area contributed by atoms with Gasteiger partial charge in [-0.25, -0.2) is 9.97 Å². The topological polar surface area (TPSA) is 65.6 Å². The van der Waals surface area contributed by atoms with Crippen LogP contribution in [0.15, 0.2) is 30.5 Å². The highest BCUT2D eigenvalue weighted by molar-refractivity contribution is 5.62. The first kappa shape index (κ1) is 19.1. The zero-order valence-corrected chi connectivity index (χ0v) is 16.8. The number of anilines is 2. The van der Waals surface area contributed by atoms with Crippen molar-refractivity contribution in [3.63, 3.8) is 0 Å². The van der Waals surface area contributed by atoms with Crippen LogP contribution >= 0.6 is 0 Å². The van der Waals surface area contributed by atoms with Crippen molar-refractivity contribution in [1.82, 2.24) is 20.2 Å². The third-order valence-corrected chi connectivity index (χ3v) is 5.47. The predicted molar refractivity (Wildman–Crippen MR) is 113 cm³/mol. The van der Waals surface area contributed by atoms with E-state index in [2.05, 4.69) is 56.7 Å². The van der Waals surface area contributed by atoms with Crippen LogP contribution < -0.4 is 15.5 Å². The number of rotatable bonds is 5. The molecule has 0 aliphatic carbocycles. The minimum atomic E-state index is 0.175. The summed E-state index contributed by atoms with van der Waals surface area (Å²) < 4.78 is 5.76. The van der Waals surface area contributed by atoms with E-state index < -0.39 is 0 Å². The van der Waals surface area contributed by atoms with Crippen molar-refractivity contribution in [2.24, 2.45) is 0 Å². The van der Waals surface area contributed by atoms with E-state index in [0.717, 1.165) is 75.2 Å². The quantitative estimate of drug-likeness (QED) is 0.814. The van der Waals surface area contributed by atoms with Gasteiger partial charge in [0.1, 0.15) is 5.82 Å². The molecule has 0 amide bonds. The average molecular weight is 383 g/mol. The summed E-state index contributed by atoms with van der Waals surface area (Å²) in [5.74, 6) is 1.63. The number of nitrogens with zero attached hydrogens (tertiary/aromatic N) is 4. The van der Waals surface area contributed by atoms with E-state index in [9.17, 15) is 0 Å². The molecule has 4 rings (SSSR count). The fourth-order valence-corrected chi connectivity index (χ4v) is 3.61. The molecule has 0 bridgehead atoms. The van der Waals surface area contributed by atoms with Crippen LogP contribution in [-0.2, 0) is 4.74 Å². The molecule has 2 aliphatic rings. The van der Waals surface area contributed by atoms with E-state index in [4.69, 9.17) is 9.72 Å². The van der Waals surface area contributed by atoms with Gasteiger partial charge in [0.25, 0.3) is 0 Å². The first-order chi connectivity index (χ1) is 13.7. The number of piperazine rings is 1. The van der Waals surface area contributed by atoms with Crippen molar-refractivity contribution >= 4 is 11.5 Å². The summed E-state index contributed by atoms with van der Waals surface area (Å²) in [7, 11) is 2.18. The molecule has 3 heterocycles. The Kier molecular flexibility index (Phi) is 6.04. The van der Waals surface area contributed by atoms with E-state index in [1.165, 1.54) is 5.69 Å². The molecule has 2 saturated heterocycles. The second-order valence-corrected chi connectivity index (χ2v) is 7.64. The molecule has 0 saturated carbocycles. The molecule has 7 nitrogen and oxygen atoms in total. The van der Waals surface area contributed by atoms with Crippen LogP contribution in [-0.4, -0.2) is 80.4 Å². The number of ether oxygens (including phenoxy) is 1. The van der Waals surface area contributed by atoms with Crippen molar-refractivity contribution in [3.8, 4) is 11.4 Å². The highest BCUT2D eigenvalue weighted by atomic mass is 16.5. The van der Waals surface area contributed by atoms with Crippen LogP contribution in [0, 0.1) is 6.92 Å². The van der Waals surface area contributed by atoms with Gasteiger partial charge in [-0.15, -0.1) is 0 Å². The SMILES string of the molecule is Cc1cnc(-c2ccc(N3CCN(C)CC3)cc2)nc1NCC1CNCCO1. The molecule has 28 heavy (non-hydrogen) atoms. The molecular formula is C21H30N6O. The van der Waals surface area contributed by atoms with Crippen LogP contribution in [0.3, 0.4) is 0 Å². The summed E-state index contributed by atoms with van der Waals surface area (Å²) in [6.07, 6.45) is 2.06. The Morgan fingerprint density at radius 2 is 1.96 bits per heavy atom. The van der Waals surface area contributed by atoms with Crippen LogP contribution in [0.5, 0.6) is 0 Å². The van der Waals surface area contributed by atoms with Crippen LogP contribution in [0.2, 0.25) is 0 Å². The third-order valence-electron chi connectivity index (χ3n) is 5.47. The lowest BCUT2D eigenvalue weighted by atomic mass is 10.1. The van der Waals surface area contributed by atoms with Crippen molar-refractivity contribution in [2.45, 2.75) is 13.0 Å².